The molecule has 0 spiro atoms. The lowest BCUT2D eigenvalue weighted by atomic mass is 9.82. The zero-order chi connectivity index (χ0) is 23.0. The first-order valence-corrected chi connectivity index (χ1v) is 10.1. The molecule has 8 heteroatoms. The maximum Gasteiger partial charge on any atom is 0.334 e. The molecule has 4 rings (SSSR count). The quantitative estimate of drug-likeness (QED) is 0.629. The number of hydrogen-bond donors (Lipinski definition) is 0. The molecule has 0 amide bonds. The lowest BCUT2D eigenvalue weighted by Crippen LogP contribution is -2.13. The topological polar surface area (TPSA) is 81.7 Å². The molecule has 0 aromatic heterocycles. The highest BCUT2D eigenvalue weighted by molar-refractivity contribution is 6.00. The average Bonchev–Trinajstić information content (AvgIpc) is 3.14. The largest absolute Gasteiger partial charge is 0.493 e. The second-order valence-corrected chi connectivity index (χ2v) is 7.39. The summed E-state index contributed by atoms with van der Waals surface area (Å²) in [4.78, 5) is 12.5. The van der Waals surface area contributed by atoms with E-state index in [2.05, 4.69) is 0 Å². The molecule has 0 saturated carbocycles. The van der Waals surface area contributed by atoms with Crippen LogP contribution in [-0.4, -0.2) is 55.2 Å². The van der Waals surface area contributed by atoms with E-state index in [4.69, 9.17) is 33.2 Å². The number of carbonyl (C=O) groups excluding carboxylic acids is 1. The Balaban J connectivity index is 2.20. The number of hydrogen-bond acceptors (Lipinski definition) is 8. The van der Waals surface area contributed by atoms with Crippen molar-refractivity contribution >= 4 is 12.0 Å². The molecule has 1 aliphatic carbocycles. The summed E-state index contributed by atoms with van der Waals surface area (Å²) >= 11 is 0. The van der Waals surface area contributed by atoms with Gasteiger partial charge in [0.05, 0.1) is 49.3 Å². The number of fused-ring (bicyclic) bond motifs is 4. The normalized spacial score (nSPS) is 18.0. The van der Waals surface area contributed by atoms with Crippen molar-refractivity contribution in [2.24, 2.45) is 5.92 Å². The molecule has 1 heterocycles. The molecule has 1 saturated heterocycles. The number of methoxy groups -OCH3 is 6. The highest BCUT2D eigenvalue weighted by Gasteiger charge is 2.37. The van der Waals surface area contributed by atoms with Gasteiger partial charge in [-0.25, -0.2) is 4.79 Å². The van der Waals surface area contributed by atoms with E-state index in [0.717, 1.165) is 11.1 Å². The highest BCUT2D eigenvalue weighted by Crippen LogP contribution is 2.55. The number of carbonyl (C=O) groups is 1. The summed E-state index contributed by atoms with van der Waals surface area (Å²) in [5.74, 6) is 2.40. The van der Waals surface area contributed by atoms with Crippen LogP contribution in [0.5, 0.6) is 34.5 Å². The van der Waals surface area contributed by atoms with Crippen LogP contribution in [0.25, 0.3) is 17.2 Å². The number of ether oxygens (including phenoxy) is 7. The third kappa shape index (κ3) is 3.18. The third-order valence-corrected chi connectivity index (χ3v) is 5.89. The fourth-order valence-electron chi connectivity index (χ4n) is 4.48. The lowest BCUT2D eigenvalue weighted by Gasteiger charge is -2.26. The van der Waals surface area contributed by atoms with Crippen molar-refractivity contribution in [3.8, 4) is 45.6 Å². The van der Waals surface area contributed by atoms with Gasteiger partial charge >= 0.3 is 5.97 Å². The molecular weight excluding hydrogens is 416 g/mol. The van der Waals surface area contributed by atoms with Crippen molar-refractivity contribution in [1.82, 2.24) is 0 Å². The fraction of sp³-hybridized carbons (Fsp3) is 0.375. The Hall–Kier alpha value is -3.55. The molecule has 1 fully saturated rings. The van der Waals surface area contributed by atoms with E-state index in [-0.39, 0.29) is 11.9 Å². The minimum Gasteiger partial charge on any atom is -0.493 e. The number of rotatable bonds is 6. The molecule has 2 aromatic rings. The molecule has 2 aromatic carbocycles. The van der Waals surface area contributed by atoms with Crippen LogP contribution in [0, 0.1) is 5.92 Å². The Morgan fingerprint density at radius 2 is 1.31 bits per heavy atom. The summed E-state index contributed by atoms with van der Waals surface area (Å²) in [5, 5.41) is 0. The summed E-state index contributed by atoms with van der Waals surface area (Å²) in [6, 6.07) is 3.72. The second kappa shape index (κ2) is 8.53. The predicted molar refractivity (Wildman–Crippen MR) is 117 cm³/mol. The molecule has 0 bridgehead atoms. The molecular formula is C24H26O8. The smallest absolute Gasteiger partial charge is 0.334 e. The molecule has 170 valence electrons. The van der Waals surface area contributed by atoms with E-state index in [1.54, 1.807) is 42.7 Å². The zero-order valence-corrected chi connectivity index (χ0v) is 19.0. The summed E-state index contributed by atoms with van der Waals surface area (Å²) < 4.78 is 39.5. The SMILES string of the molecule is COc1cc2c(c(OC)c1OC)-c1c(cc(OC)c(OC)c1OC)C[C@@H]1COC(=O)/C1=C/2. The lowest BCUT2D eigenvalue weighted by molar-refractivity contribution is -0.135. The van der Waals surface area contributed by atoms with Crippen LogP contribution in [-0.2, 0) is 16.0 Å². The number of benzene rings is 2. The minimum absolute atomic E-state index is 0.115. The maximum absolute atomic E-state index is 12.5. The molecule has 8 nitrogen and oxygen atoms in total. The van der Waals surface area contributed by atoms with E-state index < -0.39 is 0 Å². The van der Waals surface area contributed by atoms with E-state index in [1.807, 2.05) is 18.2 Å². The molecule has 0 radical (unpaired) electrons. The molecule has 0 unspecified atom stereocenters. The monoisotopic (exact) mass is 442 g/mol. The first-order chi connectivity index (χ1) is 15.5. The Kier molecular flexibility index (Phi) is 5.78. The molecule has 2 aliphatic rings. The Morgan fingerprint density at radius 1 is 0.750 bits per heavy atom. The zero-order valence-electron chi connectivity index (χ0n) is 19.0. The van der Waals surface area contributed by atoms with Crippen LogP contribution in [0.1, 0.15) is 11.1 Å². The summed E-state index contributed by atoms with van der Waals surface area (Å²) in [6.45, 7) is 0.306. The van der Waals surface area contributed by atoms with Gasteiger partial charge in [0, 0.05) is 22.6 Å². The van der Waals surface area contributed by atoms with Gasteiger partial charge in [-0.15, -0.1) is 0 Å². The predicted octanol–water partition coefficient (Wildman–Crippen LogP) is 3.52. The second-order valence-electron chi connectivity index (χ2n) is 7.39. The van der Waals surface area contributed by atoms with Crippen LogP contribution in [0.2, 0.25) is 0 Å². The summed E-state index contributed by atoms with van der Waals surface area (Å²) in [7, 11) is 9.36. The van der Waals surface area contributed by atoms with Gasteiger partial charge < -0.3 is 33.2 Å². The van der Waals surface area contributed by atoms with Crippen LogP contribution in [0.3, 0.4) is 0 Å². The van der Waals surface area contributed by atoms with Gasteiger partial charge in [0.15, 0.2) is 23.0 Å². The van der Waals surface area contributed by atoms with Gasteiger partial charge in [0.2, 0.25) is 11.5 Å². The van der Waals surface area contributed by atoms with Gasteiger partial charge in [-0.3, -0.25) is 0 Å². The van der Waals surface area contributed by atoms with Gasteiger partial charge in [0.1, 0.15) is 0 Å². The van der Waals surface area contributed by atoms with Crippen molar-refractivity contribution in [3.05, 3.63) is 28.8 Å². The first kappa shape index (κ1) is 21.7. The molecule has 0 N–H and O–H groups in total. The van der Waals surface area contributed by atoms with Crippen LogP contribution < -0.4 is 28.4 Å². The highest BCUT2D eigenvalue weighted by atomic mass is 16.5. The van der Waals surface area contributed by atoms with E-state index in [1.165, 1.54) is 0 Å². The summed E-state index contributed by atoms with van der Waals surface area (Å²) in [6.07, 6.45) is 2.37. The molecule has 1 atom stereocenters. The van der Waals surface area contributed by atoms with Crippen molar-refractivity contribution in [1.29, 1.82) is 0 Å². The average molecular weight is 442 g/mol. The van der Waals surface area contributed by atoms with Gasteiger partial charge in [-0.1, -0.05) is 0 Å². The van der Waals surface area contributed by atoms with Crippen LogP contribution >= 0.6 is 0 Å². The van der Waals surface area contributed by atoms with Gasteiger partial charge in [0.25, 0.3) is 0 Å². The minimum atomic E-state index is -0.328. The Bertz CT molecular complexity index is 1100. The van der Waals surface area contributed by atoms with Crippen molar-refractivity contribution < 1.29 is 38.0 Å². The molecule has 32 heavy (non-hydrogen) atoms. The van der Waals surface area contributed by atoms with Gasteiger partial charge in [-0.2, -0.15) is 0 Å². The first-order valence-electron chi connectivity index (χ1n) is 10.1. The van der Waals surface area contributed by atoms with E-state index >= 15 is 0 Å². The fourth-order valence-corrected chi connectivity index (χ4v) is 4.48. The van der Waals surface area contributed by atoms with Crippen LogP contribution in [0.15, 0.2) is 17.7 Å². The van der Waals surface area contributed by atoms with Crippen LogP contribution in [0.4, 0.5) is 0 Å². The van der Waals surface area contributed by atoms with Crippen molar-refractivity contribution in [2.75, 3.05) is 49.3 Å². The van der Waals surface area contributed by atoms with E-state index in [9.17, 15) is 4.79 Å². The van der Waals surface area contributed by atoms with Gasteiger partial charge in [-0.05, 0) is 35.8 Å². The van der Waals surface area contributed by atoms with Crippen molar-refractivity contribution in [3.63, 3.8) is 0 Å². The number of cyclic esters (lactones) is 1. The standard InChI is InChI=1S/C24H26O8/c1-26-16-9-12-7-14-11-32-24(25)15(14)8-13-10-17(27-2)21(29-4)23(31-6)19(13)18(12)22(30-5)20(16)28-3/h8-10,14H,7,11H2,1-6H3/b15-8+/t14-/m1/s1. The number of esters is 1. The summed E-state index contributed by atoms with van der Waals surface area (Å²) in [5.41, 5.74) is 3.68. The maximum atomic E-state index is 12.5. The van der Waals surface area contributed by atoms with Crippen molar-refractivity contribution in [2.45, 2.75) is 6.42 Å². The molecule has 1 aliphatic heterocycles. The third-order valence-electron chi connectivity index (χ3n) is 5.89. The Labute approximate surface area is 186 Å². The Morgan fingerprint density at radius 3 is 1.88 bits per heavy atom. The van der Waals surface area contributed by atoms with E-state index in [0.29, 0.717) is 64.2 Å².